The molecule has 0 atom stereocenters. The molecule has 1 aliphatic rings. The fourth-order valence-electron chi connectivity index (χ4n) is 3.02. The molecule has 0 saturated carbocycles. The Bertz CT molecular complexity index is 750. The van der Waals surface area contributed by atoms with E-state index in [0.29, 0.717) is 25.4 Å². The van der Waals surface area contributed by atoms with Gasteiger partial charge in [0, 0.05) is 24.7 Å². The Labute approximate surface area is 140 Å². The highest BCUT2D eigenvalue weighted by Gasteiger charge is 2.30. The number of carboxylic acid groups (broad SMARTS) is 1. The zero-order valence-corrected chi connectivity index (χ0v) is 14.0. The predicted molar refractivity (Wildman–Crippen MR) is 87.5 cm³/mol. The highest BCUT2D eigenvalue weighted by Crippen LogP contribution is 2.33. The third kappa shape index (κ3) is 3.38. The molecule has 0 unspecified atom stereocenters. The Kier molecular flexibility index (Phi) is 4.24. The molecule has 6 heteroatoms. The summed E-state index contributed by atoms with van der Waals surface area (Å²) >= 11 is 0. The normalized spacial score (nSPS) is 16.8. The molecule has 1 aromatic carbocycles. The lowest BCUT2D eigenvalue weighted by molar-refractivity contribution is 0.0639. The number of carbonyl (C=O) groups is 1. The van der Waals surface area contributed by atoms with Crippen LogP contribution in [0.1, 0.15) is 35.5 Å². The van der Waals surface area contributed by atoms with Crippen molar-refractivity contribution in [3.63, 3.8) is 0 Å². The zero-order valence-electron chi connectivity index (χ0n) is 14.0. The fraction of sp³-hybridized carbons (Fsp3) is 0.389. The molecule has 0 spiro atoms. The molecule has 24 heavy (non-hydrogen) atoms. The first-order chi connectivity index (χ1) is 11.4. The molecule has 1 aromatic heterocycles. The first-order valence-electron chi connectivity index (χ1n) is 7.76. The zero-order chi connectivity index (χ0) is 17.3. The molecule has 0 amide bonds. The largest absolute Gasteiger partial charge is 0.497 e. The second-order valence-electron chi connectivity index (χ2n) is 6.54. The van der Waals surface area contributed by atoms with Crippen molar-refractivity contribution in [3.05, 3.63) is 47.4 Å². The van der Waals surface area contributed by atoms with E-state index in [4.69, 9.17) is 13.9 Å². The van der Waals surface area contributed by atoms with E-state index < -0.39 is 11.6 Å². The number of methoxy groups -OCH3 is 1. The molecule has 2 heterocycles. The van der Waals surface area contributed by atoms with Gasteiger partial charge < -0.3 is 19.0 Å². The smallest absolute Gasteiger partial charge is 0.339 e. The van der Waals surface area contributed by atoms with Crippen LogP contribution in [0.5, 0.6) is 11.5 Å². The van der Waals surface area contributed by atoms with E-state index in [-0.39, 0.29) is 5.56 Å². The van der Waals surface area contributed by atoms with Crippen LogP contribution in [-0.4, -0.2) is 35.2 Å². The van der Waals surface area contributed by atoms with Gasteiger partial charge in [-0.25, -0.2) is 4.79 Å². The molecule has 1 N–H and O–H groups in total. The predicted octanol–water partition coefficient (Wildman–Crippen LogP) is 3.16. The minimum atomic E-state index is -0.978. The van der Waals surface area contributed by atoms with Gasteiger partial charge in [-0.1, -0.05) is 6.07 Å². The average Bonchev–Trinajstić information content (AvgIpc) is 2.91. The number of carboxylic acids is 1. The van der Waals surface area contributed by atoms with E-state index in [9.17, 15) is 9.90 Å². The van der Waals surface area contributed by atoms with Crippen LogP contribution in [0.2, 0.25) is 0 Å². The number of aromatic carboxylic acids is 1. The van der Waals surface area contributed by atoms with Gasteiger partial charge in [0.25, 0.3) is 0 Å². The van der Waals surface area contributed by atoms with Crippen LogP contribution in [-0.2, 0) is 13.1 Å². The van der Waals surface area contributed by atoms with Crippen molar-refractivity contribution >= 4 is 5.97 Å². The van der Waals surface area contributed by atoms with Crippen molar-refractivity contribution in [3.8, 4) is 11.5 Å². The summed E-state index contributed by atoms with van der Waals surface area (Å²) in [6.07, 6.45) is 1.41. The molecule has 0 saturated heterocycles. The van der Waals surface area contributed by atoms with E-state index in [1.54, 1.807) is 7.11 Å². The van der Waals surface area contributed by atoms with Crippen molar-refractivity contribution < 1.29 is 23.8 Å². The Morgan fingerprint density at radius 2 is 2.17 bits per heavy atom. The van der Waals surface area contributed by atoms with Gasteiger partial charge in [-0.3, -0.25) is 4.90 Å². The number of nitrogens with zero attached hydrogens (tertiary/aromatic N) is 1. The second-order valence-corrected chi connectivity index (χ2v) is 6.54. The van der Waals surface area contributed by atoms with Crippen molar-refractivity contribution in [2.24, 2.45) is 0 Å². The SMILES string of the molecule is COc1ccc2c(c1)OC(C)(C)CN(Cc1occc1C(=O)O)C2. The number of fused-ring (bicyclic) bond motifs is 1. The highest BCUT2D eigenvalue weighted by molar-refractivity contribution is 5.88. The molecular weight excluding hydrogens is 310 g/mol. The van der Waals surface area contributed by atoms with Crippen LogP contribution in [0.4, 0.5) is 0 Å². The monoisotopic (exact) mass is 331 g/mol. The van der Waals surface area contributed by atoms with Crippen molar-refractivity contribution in [1.29, 1.82) is 0 Å². The highest BCUT2D eigenvalue weighted by atomic mass is 16.5. The Morgan fingerprint density at radius 1 is 1.38 bits per heavy atom. The quantitative estimate of drug-likeness (QED) is 0.928. The van der Waals surface area contributed by atoms with Gasteiger partial charge in [0.1, 0.15) is 28.4 Å². The fourth-order valence-corrected chi connectivity index (χ4v) is 3.02. The minimum absolute atomic E-state index is 0.202. The molecule has 6 nitrogen and oxygen atoms in total. The topological polar surface area (TPSA) is 72.1 Å². The summed E-state index contributed by atoms with van der Waals surface area (Å²) < 4.78 is 16.8. The summed E-state index contributed by atoms with van der Waals surface area (Å²) in [6, 6.07) is 7.24. The van der Waals surface area contributed by atoms with Crippen LogP contribution in [0.3, 0.4) is 0 Å². The lowest BCUT2D eigenvalue weighted by Crippen LogP contribution is -2.40. The van der Waals surface area contributed by atoms with Gasteiger partial charge in [0.15, 0.2) is 0 Å². The molecule has 0 bridgehead atoms. The summed E-state index contributed by atoms with van der Waals surface area (Å²) in [6.45, 7) is 5.71. The summed E-state index contributed by atoms with van der Waals surface area (Å²) in [5.74, 6) is 1.02. The number of benzene rings is 1. The molecule has 0 radical (unpaired) electrons. The maximum Gasteiger partial charge on any atom is 0.339 e. The van der Waals surface area contributed by atoms with Gasteiger partial charge >= 0.3 is 5.97 Å². The Balaban J connectivity index is 1.89. The minimum Gasteiger partial charge on any atom is -0.497 e. The van der Waals surface area contributed by atoms with Crippen LogP contribution in [0.15, 0.2) is 34.9 Å². The van der Waals surface area contributed by atoms with Crippen LogP contribution in [0.25, 0.3) is 0 Å². The summed E-state index contributed by atoms with van der Waals surface area (Å²) in [5.41, 5.74) is 0.811. The number of ether oxygens (including phenoxy) is 2. The maximum absolute atomic E-state index is 11.3. The molecule has 128 valence electrons. The van der Waals surface area contributed by atoms with E-state index in [0.717, 1.165) is 17.1 Å². The van der Waals surface area contributed by atoms with E-state index >= 15 is 0 Å². The second kappa shape index (κ2) is 6.20. The molecule has 0 fully saturated rings. The maximum atomic E-state index is 11.3. The number of hydrogen-bond donors (Lipinski definition) is 1. The summed E-state index contributed by atoms with van der Waals surface area (Å²) in [7, 11) is 1.63. The number of rotatable bonds is 4. The number of hydrogen-bond acceptors (Lipinski definition) is 5. The Morgan fingerprint density at radius 3 is 2.88 bits per heavy atom. The van der Waals surface area contributed by atoms with Gasteiger partial charge in [0.05, 0.1) is 19.9 Å². The summed E-state index contributed by atoms with van der Waals surface area (Å²) in [5, 5.41) is 9.24. The average molecular weight is 331 g/mol. The van der Waals surface area contributed by atoms with E-state index in [2.05, 4.69) is 4.90 Å². The molecule has 2 aromatic rings. The van der Waals surface area contributed by atoms with E-state index in [1.807, 2.05) is 32.0 Å². The van der Waals surface area contributed by atoms with Crippen LogP contribution in [0, 0.1) is 0 Å². The van der Waals surface area contributed by atoms with Crippen molar-refractivity contribution in [2.45, 2.75) is 32.5 Å². The van der Waals surface area contributed by atoms with Crippen molar-refractivity contribution in [1.82, 2.24) is 4.90 Å². The third-order valence-corrected chi connectivity index (χ3v) is 4.00. The first-order valence-corrected chi connectivity index (χ1v) is 7.76. The van der Waals surface area contributed by atoms with Crippen molar-refractivity contribution in [2.75, 3.05) is 13.7 Å². The molecular formula is C18H21NO5. The van der Waals surface area contributed by atoms with E-state index in [1.165, 1.54) is 12.3 Å². The van der Waals surface area contributed by atoms with Gasteiger partial charge in [-0.2, -0.15) is 0 Å². The van der Waals surface area contributed by atoms with Gasteiger partial charge in [0.2, 0.25) is 0 Å². The van der Waals surface area contributed by atoms with Gasteiger partial charge in [-0.05, 0) is 26.0 Å². The lowest BCUT2D eigenvalue weighted by atomic mass is 10.1. The van der Waals surface area contributed by atoms with Crippen LogP contribution >= 0.6 is 0 Å². The molecule has 0 aliphatic carbocycles. The molecule has 1 aliphatic heterocycles. The molecule has 3 rings (SSSR count). The standard InChI is InChI=1S/C18H21NO5/c1-18(2)11-19(10-16-14(17(20)21)6-7-23-16)9-12-4-5-13(22-3)8-15(12)24-18/h4-8H,9-11H2,1-3H3,(H,20,21). The lowest BCUT2D eigenvalue weighted by Gasteiger charge is -2.29. The first kappa shape index (κ1) is 16.4. The van der Waals surface area contributed by atoms with Gasteiger partial charge in [-0.15, -0.1) is 0 Å². The van der Waals surface area contributed by atoms with Crippen LogP contribution < -0.4 is 9.47 Å². The Hall–Kier alpha value is -2.47. The third-order valence-electron chi connectivity index (χ3n) is 4.00. The summed E-state index contributed by atoms with van der Waals surface area (Å²) in [4.78, 5) is 13.4. The number of furan rings is 1.